The number of rotatable bonds is 3. The molecule has 1 saturated carbocycles. The average molecular weight is 386 g/mol. The number of fused-ring (bicyclic) bond motifs is 3. The van der Waals surface area contributed by atoms with Crippen molar-refractivity contribution < 1.29 is 0 Å². The van der Waals surface area contributed by atoms with E-state index < -0.39 is 0 Å². The van der Waals surface area contributed by atoms with Gasteiger partial charge >= 0.3 is 0 Å². The van der Waals surface area contributed by atoms with Gasteiger partial charge < -0.3 is 5.73 Å². The van der Waals surface area contributed by atoms with Crippen molar-refractivity contribution in [2.45, 2.75) is 73.6 Å². The van der Waals surface area contributed by atoms with Crippen LogP contribution in [0.1, 0.15) is 73.6 Å². The third kappa shape index (κ3) is 4.79. The van der Waals surface area contributed by atoms with Crippen molar-refractivity contribution in [3.63, 3.8) is 0 Å². The first-order chi connectivity index (χ1) is 13.5. The third-order valence-corrected chi connectivity index (χ3v) is 7.24. The maximum Gasteiger partial charge on any atom is 0.0139 e. The molecular weight excluding hydrogens is 338 g/mol. The van der Waals surface area contributed by atoms with Crippen LogP contribution in [0.5, 0.6) is 0 Å². The highest BCUT2D eigenvalue weighted by Crippen LogP contribution is 2.62. The third-order valence-electron chi connectivity index (χ3n) is 7.24. The predicted molar refractivity (Wildman–Crippen MR) is 129 cm³/mol. The highest BCUT2D eigenvalue weighted by atomic mass is 14.6. The molecule has 0 aromatic rings. The summed E-state index contributed by atoms with van der Waals surface area (Å²) in [6.07, 6.45) is 18.3. The molecule has 3 rings (SSSR count). The fourth-order valence-electron chi connectivity index (χ4n) is 5.62. The topological polar surface area (TPSA) is 26.0 Å². The summed E-state index contributed by atoms with van der Waals surface area (Å²) in [5.74, 6) is 2.38. The Kier molecular flexibility index (Phi) is 11.7. The Labute approximate surface area is 176 Å². The van der Waals surface area contributed by atoms with E-state index in [0.717, 1.165) is 11.8 Å². The summed E-state index contributed by atoms with van der Waals surface area (Å²) in [4.78, 5) is 0. The van der Waals surface area contributed by atoms with Crippen LogP contribution in [0, 0.1) is 28.6 Å². The second kappa shape index (κ2) is 12.3. The van der Waals surface area contributed by atoms with Gasteiger partial charge in [-0.3, -0.25) is 0 Å². The SMILES string of the molecule is C=C.C=C/C=C1/C=CC2C(=CCC3(C)C(C)CCC23)C1(C)CCC.CC.CN. The maximum absolute atomic E-state index is 4.50. The van der Waals surface area contributed by atoms with E-state index in [1.54, 1.807) is 5.57 Å². The van der Waals surface area contributed by atoms with Gasteiger partial charge in [0.15, 0.2) is 0 Å². The molecule has 0 aliphatic heterocycles. The Morgan fingerprint density at radius 1 is 1.18 bits per heavy atom. The van der Waals surface area contributed by atoms with Crippen LogP contribution < -0.4 is 5.73 Å². The molecule has 5 unspecified atom stereocenters. The van der Waals surface area contributed by atoms with Crippen molar-refractivity contribution in [2.24, 2.45) is 34.3 Å². The molecule has 0 aromatic heterocycles. The molecule has 5 atom stereocenters. The lowest BCUT2D eigenvalue weighted by molar-refractivity contribution is 0.122. The zero-order chi connectivity index (χ0) is 22.0. The van der Waals surface area contributed by atoms with Crippen molar-refractivity contribution in [3.05, 3.63) is 61.3 Å². The van der Waals surface area contributed by atoms with Gasteiger partial charge in [0.25, 0.3) is 0 Å². The summed E-state index contributed by atoms with van der Waals surface area (Å²) < 4.78 is 0. The van der Waals surface area contributed by atoms with E-state index in [4.69, 9.17) is 0 Å². The van der Waals surface area contributed by atoms with Gasteiger partial charge in [0.05, 0.1) is 0 Å². The van der Waals surface area contributed by atoms with E-state index in [-0.39, 0.29) is 5.41 Å². The second-order valence-electron chi connectivity index (χ2n) is 8.28. The van der Waals surface area contributed by atoms with E-state index in [1.165, 1.54) is 44.7 Å². The quantitative estimate of drug-likeness (QED) is 0.491. The fraction of sp³-hybridized carbons (Fsp3) is 0.630. The molecule has 160 valence electrons. The smallest absolute Gasteiger partial charge is 0.0139 e. The molecular formula is C27H47N. The molecule has 0 bridgehead atoms. The largest absolute Gasteiger partial charge is 0.333 e. The normalized spacial score (nSPS) is 36.2. The fourth-order valence-corrected chi connectivity index (χ4v) is 5.62. The first-order valence-corrected chi connectivity index (χ1v) is 11.3. The molecule has 28 heavy (non-hydrogen) atoms. The summed E-state index contributed by atoms with van der Waals surface area (Å²) in [6.45, 7) is 23.7. The van der Waals surface area contributed by atoms with E-state index in [0.29, 0.717) is 11.3 Å². The summed E-state index contributed by atoms with van der Waals surface area (Å²) in [6, 6.07) is 0. The second-order valence-corrected chi connectivity index (χ2v) is 8.28. The molecule has 1 nitrogen and oxygen atoms in total. The number of hydrogen-bond donors (Lipinski definition) is 1. The molecule has 0 amide bonds. The molecule has 0 heterocycles. The zero-order valence-corrected chi connectivity index (χ0v) is 19.9. The van der Waals surface area contributed by atoms with E-state index >= 15 is 0 Å². The van der Waals surface area contributed by atoms with Gasteiger partial charge in [-0.1, -0.05) is 90.5 Å². The summed E-state index contributed by atoms with van der Waals surface area (Å²) >= 11 is 0. The van der Waals surface area contributed by atoms with Gasteiger partial charge in [-0.15, -0.1) is 13.2 Å². The summed E-state index contributed by atoms with van der Waals surface area (Å²) in [5, 5.41) is 0. The van der Waals surface area contributed by atoms with Gasteiger partial charge in [-0.05, 0) is 55.6 Å². The molecule has 0 radical (unpaired) electrons. The Bertz CT molecular complexity index is 567. The first kappa shape index (κ1) is 26.7. The molecule has 0 spiro atoms. The Morgan fingerprint density at radius 2 is 1.79 bits per heavy atom. The number of hydrogen-bond acceptors (Lipinski definition) is 1. The molecule has 1 fully saturated rings. The van der Waals surface area contributed by atoms with E-state index in [2.05, 4.69) is 77.5 Å². The molecule has 3 aliphatic carbocycles. The van der Waals surface area contributed by atoms with Crippen LogP contribution in [0.15, 0.2) is 61.3 Å². The Morgan fingerprint density at radius 3 is 2.32 bits per heavy atom. The molecule has 0 aromatic carbocycles. The molecule has 0 saturated heterocycles. The predicted octanol–water partition coefficient (Wildman–Crippen LogP) is 7.88. The van der Waals surface area contributed by atoms with Crippen LogP contribution in [0.4, 0.5) is 0 Å². The van der Waals surface area contributed by atoms with E-state index in [9.17, 15) is 0 Å². The maximum atomic E-state index is 4.50. The standard InChI is InChI=1S/C22H32.C2H6.C2H4.CH5N/c1-6-8-17-10-11-18-19-12-9-16(3)21(19,4)15-13-20(18)22(17,5)14-7-2;3*1-2/h6,8,10-11,13,16,18-19H,1,7,9,12,14-15H2,2-5H3;1-2H3;1-2H2;2H2,1H3/b17-8-;;;. The summed E-state index contributed by atoms with van der Waals surface area (Å²) in [7, 11) is 1.50. The minimum atomic E-state index is 0.218. The van der Waals surface area contributed by atoms with Crippen molar-refractivity contribution >= 4 is 0 Å². The first-order valence-electron chi connectivity index (χ1n) is 11.3. The van der Waals surface area contributed by atoms with Crippen LogP contribution in [-0.4, -0.2) is 7.05 Å². The number of nitrogens with two attached hydrogens (primary N) is 1. The molecule has 2 N–H and O–H groups in total. The van der Waals surface area contributed by atoms with Crippen molar-refractivity contribution in [3.8, 4) is 0 Å². The number of allylic oxidation sites excluding steroid dienone is 7. The average Bonchev–Trinajstić information content (AvgIpc) is 3.04. The molecule has 1 heteroatoms. The van der Waals surface area contributed by atoms with Crippen LogP contribution in [-0.2, 0) is 0 Å². The Hall–Kier alpha value is -1.34. The van der Waals surface area contributed by atoms with Gasteiger partial charge in [-0.2, -0.15) is 0 Å². The Balaban J connectivity index is 0.00000111. The monoisotopic (exact) mass is 385 g/mol. The lowest BCUT2D eigenvalue weighted by Gasteiger charge is -2.50. The zero-order valence-electron chi connectivity index (χ0n) is 19.9. The minimum Gasteiger partial charge on any atom is -0.333 e. The van der Waals surface area contributed by atoms with Crippen LogP contribution >= 0.6 is 0 Å². The van der Waals surface area contributed by atoms with E-state index in [1.807, 2.05) is 19.9 Å². The van der Waals surface area contributed by atoms with Crippen LogP contribution in [0.2, 0.25) is 0 Å². The van der Waals surface area contributed by atoms with Gasteiger partial charge in [-0.25, -0.2) is 0 Å². The summed E-state index contributed by atoms with van der Waals surface area (Å²) in [5.41, 5.74) is 8.41. The van der Waals surface area contributed by atoms with Crippen molar-refractivity contribution in [1.29, 1.82) is 0 Å². The van der Waals surface area contributed by atoms with Crippen LogP contribution in [0.3, 0.4) is 0 Å². The van der Waals surface area contributed by atoms with Gasteiger partial charge in [0, 0.05) is 11.3 Å². The van der Waals surface area contributed by atoms with Crippen molar-refractivity contribution in [2.75, 3.05) is 7.05 Å². The molecule has 3 aliphatic rings. The van der Waals surface area contributed by atoms with Gasteiger partial charge in [0.1, 0.15) is 0 Å². The highest BCUT2D eigenvalue weighted by Gasteiger charge is 2.52. The minimum absolute atomic E-state index is 0.218. The lowest BCUT2D eigenvalue weighted by atomic mass is 9.54. The highest BCUT2D eigenvalue weighted by molar-refractivity contribution is 5.46. The van der Waals surface area contributed by atoms with Gasteiger partial charge in [0.2, 0.25) is 0 Å². The van der Waals surface area contributed by atoms with Crippen molar-refractivity contribution in [1.82, 2.24) is 0 Å². The lowest BCUT2D eigenvalue weighted by Crippen LogP contribution is -2.41. The van der Waals surface area contributed by atoms with Crippen LogP contribution in [0.25, 0.3) is 0 Å².